The quantitative estimate of drug-likeness (QED) is 0.572. The van der Waals surface area contributed by atoms with Crippen LogP contribution in [0, 0.1) is 0 Å². The van der Waals surface area contributed by atoms with Gasteiger partial charge in [-0.1, -0.05) is 20.8 Å². The van der Waals surface area contributed by atoms with E-state index in [0.717, 1.165) is 0 Å². The van der Waals surface area contributed by atoms with Crippen LogP contribution in [-0.2, 0) is 9.31 Å². The van der Waals surface area contributed by atoms with Crippen molar-refractivity contribution in [2.24, 2.45) is 0 Å². The Morgan fingerprint density at radius 2 is 1.62 bits per heavy atom. The predicted octanol–water partition coefficient (Wildman–Crippen LogP) is -0.207. The topological polar surface area (TPSA) is 79.2 Å². The highest BCUT2D eigenvalue weighted by atomic mass is 16.7. The second-order valence-corrected chi connectivity index (χ2v) is 4.54. The second-order valence-electron chi connectivity index (χ2n) is 4.54. The minimum absolute atomic E-state index is 0.141. The van der Waals surface area contributed by atoms with E-state index in [2.05, 4.69) is 0 Å². The molecule has 94 valence electrons. The van der Waals surface area contributed by atoms with Gasteiger partial charge < -0.3 is 24.6 Å². The first-order chi connectivity index (χ1) is 7.51. The van der Waals surface area contributed by atoms with Crippen molar-refractivity contribution in [3.63, 3.8) is 0 Å². The summed E-state index contributed by atoms with van der Waals surface area (Å²) >= 11 is 0. The van der Waals surface area contributed by atoms with E-state index in [1.807, 2.05) is 20.8 Å². The molecule has 5 nitrogen and oxygen atoms in total. The van der Waals surface area contributed by atoms with Crippen molar-refractivity contribution in [2.75, 3.05) is 6.61 Å². The Hall–Kier alpha value is -0.135. The van der Waals surface area contributed by atoms with E-state index in [9.17, 15) is 10.2 Å². The van der Waals surface area contributed by atoms with E-state index in [1.54, 1.807) is 0 Å². The summed E-state index contributed by atoms with van der Waals surface area (Å²) in [6.45, 7) is 5.31. The van der Waals surface area contributed by atoms with Crippen molar-refractivity contribution in [3.05, 3.63) is 0 Å². The first-order valence-electron chi connectivity index (χ1n) is 5.79. The molecular weight excluding hydrogens is 211 g/mol. The summed E-state index contributed by atoms with van der Waals surface area (Å²) in [6.07, 6.45) is -2.41. The normalized spacial score (nSPS) is 29.8. The molecule has 0 aromatic carbocycles. The van der Waals surface area contributed by atoms with Gasteiger partial charge in [0, 0.05) is 0 Å². The highest BCUT2D eigenvalue weighted by molar-refractivity contribution is 6.46. The summed E-state index contributed by atoms with van der Waals surface area (Å²) in [4.78, 5) is 0. The van der Waals surface area contributed by atoms with E-state index in [4.69, 9.17) is 14.4 Å². The number of hydrogen-bond donors (Lipinski definition) is 3. The van der Waals surface area contributed by atoms with Gasteiger partial charge in [-0.15, -0.1) is 0 Å². The average molecular weight is 232 g/mol. The fourth-order valence-electron chi connectivity index (χ4n) is 1.77. The van der Waals surface area contributed by atoms with Crippen LogP contribution < -0.4 is 0 Å². The minimum Gasteiger partial charge on any atom is -0.403 e. The van der Waals surface area contributed by atoms with Gasteiger partial charge in [-0.05, 0) is 12.2 Å². The van der Waals surface area contributed by atoms with Gasteiger partial charge in [0.25, 0.3) is 0 Å². The highest BCUT2D eigenvalue weighted by Crippen LogP contribution is 2.28. The first-order valence-corrected chi connectivity index (χ1v) is 5.79. The molecule has 1 saturated heterocycles. The van der Waals surface area contributed by atoms with Crippen LogP contribution in [0.3, 0.4) is 0 Å². The van der Waals surface area contributed by atoms with Gasteiger partial charge >= 0.3 is 7.12 Å². The zero-order chi connectivity index (χ0) is 12.3. The summed E-state index contributed by atoms with van der Waals surface area (Å²) in [7, 11) is -0.433. The van der Waals surface area contributed by atoms with Gasteiger partial charge in [0.15, 0.2) is 0 Å². The van der Waals surface area contributed by atoms with Crippen LogP contribution in [0.15, 0.2) is 0 Å². The van der Waals surface area contributed by atoms with E-state index >= 15 is 0 Å². The Kier molecular flexibility index (Phi) is 5.20. The third-order valence-electron chi connectivity index (χ3n) is 2.81. The van der Waals surface area contributed by atoms with Gasteiger partial charge in [0.2, 0.25) is 0 Å². The van der Waals surface area contributed by atoms with Crippen LogP contribution in [0.2, 0.25) is 5.82 Å². The smallest absolute Gasteiger partial charge is 0.403 e. The van der Waals surface area contributed by atoms with E-state index in [1.165, 1.54) is 0 Å². The molecule has 1 fully saturated rings. The Morgan fingerprint density at radius 3 is 2.00 bits per heavy atom. The summed E-state index contributed by atoms with van der Waals surface area (Å²) in [5.41, 5.74) is 0. The maximum absolute atomic E-state index is 9.77. The van der Waals surface area contributed by atoms with Gasteiger partial charge in [0.05, 0.1) is 24.9 Å². The van der Waals surface area contributed by atoms with Crippen molar-refractivity contribution in [1.82, 2.24) is 0 Å². The average Bonchev–Trinajstić information content (AvgIpc) is 2.71. The number of aliphatic hydroxyl groups is 3. The first kappa shape index (κ1) is 13.9. The molecule has 0 saturated carbocycles. The minimum atomic E-state index is -1.02. The molecule has 16 heavy (non-hydrogen) atoms. The fraction of sp³-hybridized carbons (Fsp3) is 1.00. The molecule has 0 amide bonds. The van der Waals surface area contributed by atoms with Crippen LogP contribution in [0.4, 0.5) is 0 Å². The fourth-order valence-corrected chi connectivity index (χ4v) is 1.77. The molecule has 0 aromatic rings. The molecule has 1 heterocycles. The Bertz CT molecular complexity index is 195. The van der Waals surface area contributed by atoms with Crippen LogP contribution in [0.5, 0.6) is 0 Å². The molecule has 6 heteroatoms. The van der Waals surface area contributed by atoms with Crippen molar-refractivity contribution < 1.29 is 24.6 Å². The standard InChI is InChI=1S/C10H21BO5/c1-4-7(13)9-10(8(14)5-12)16-11(15-9)6(2)3/h6-10,12-14H,4-5H2,1-3H3. The summed E-state index contributed by atoms with van der Waals surface area (Å²) in [5.74, 6) is 0.141. The molecule has 3 N–H and O–H groups in total. The highest BCUT2D eigenvalue weighted by Gasteiger charge is 2.46. The number of aliphatic hydroxyl groups excluding tert-OH is 3. The van der Waals surface area contributed by atoms with Gasteiger partial charge in [0.1, 0.15) is 6.10 Å². The molecule has 0 radical (unpaired) electrons. The van der Waals surface area contributed by atoms with Gasteiger partial charge in [-0.3, -0.25) is 0 Å². The lowest BCUT2D eigenvalue weighted by Crippen LogP contribution is -2.43. The van der Waals surface area contributed by atoms with Crippen LogP contribution in [0.1, 0.15) is 27.2 Å². The maximum Gasteiger partial charge on any atom is 0.460 e. The molecular formula is C10H21BO5. The van der Waals surface area contributed by atoms with Crippen molar-refractivity contribution in [1.29, 1.82) is 0 Å². The molecule has 0 bridgehead atoms. The summed E-state index contributed by atoms with van der Waals surface area (Å²) in [6, 6.07) is 0. The monoisotopic (exact) mass is 232 g/mol. The van der Waals surface area contributed by atoms with E-state index < -0.39 is 38.1 Å². The third-order valence-corrected chi connectivity index (χ3v) is 2.81. The molecule has 4 unspecified atom stereocenters. The molecule has 0 aromatic heterocycles. The van der Waals surface area contributed by atoms with Gasteiger partial charge in [-0.25, -0.2) is 0 Å². The van der Waals surface area contributed by atoms with Crippen LogP contribution in [-0.4, -0.2) is 53.5 Å². The largest absolute Gasteiger partial charge is 0.460 e. The van der Waals surface area contributed by atoms with Crippen LogP contribution >= 0.6 is 0 Å². The number of rotatable bonds is 5. The van der Waals surface area contributed by atoms with Crippen molar-refractivity contribution >= 4 is 7.12 Å². The molecule has 1 rings (SSSR count). The van der Waals surface area contributed by atoms with Crippen LogP contribution in [0.25, 0.3) is 0 Å². The Balaban J connectivity index is 2.70. The Morgan fingerprint density at radius 1 is 1.12 bits per heavy atom. The lowest BCUT2D eigenvalue weighted by atomic mass is 9.75. The molecule has 0 spiro atoms. The lowest BCUT2D eigenvalue weighted by molar-refractivity contribution is -0.0519. The van der Waals surface area contributed by atoms with Crippen molar-refractivity contribution in [3.8, 4) is 0 Å². The molecule has 1 aliphatic rings. The van der Waals surface area contributed by atoms with Gasteiger partial charge in [-0.2, -0.15) is 0 Å². The number of hydrogen-bond acceptors (Lipinski definition) is 5. The SMILES string of the molecule is CCC(O)C1OB(C(C)C)OC1C(O)CO. The maximum atomic E-state index is 9.77. The molecule has 0 aliphatic carbocycles. The predicted molar refractivity (Wildman–Crippen MR) is 60.0 cm³/mol. The van der Waals surface area contributed by atoms with E-state index in [0.29, 0.717) is 6.42 Å². The lowest BCUT2D eigenvalue weighted by Gasteiger charge is -2.25. The zero-order valence-corrected chi connectivity index (χ0v) is 10.0. The Labute approximate surface area is 96.5 Å². The zero-order valence-electron chi connectivity index (χ0n) is 10.0. The van der Waals surface area contributed by atoms with Crippen molar-refractivity contribution in [2.45, 2.75) is 57.4 Å². The second kappa shape index (κ2) is 5.98. The summed E-state index contributed by atoms with van der Waals surface area (Å²) in [5, 5.41) is 28.3. The molecule has 4 atom stereocenters. The summed E-state index contributed by atoms with van der Waals surface area (Å²) < 4.78 is 11.1. The molecule has 1 aliphatic heterocycles. The third kappa shape index (κ3) is 2.96. The van der Waals surface area contributed by atoms with E-state index in [-0.39, 0.29) is 5.82 Å².